The molecule has 0 bridgehead atoms. The maximum atomic E-state index is 13.6. The Kier molecular flexibility index (Phi) is 8.07. The van der Waals surface area contributed by atoms with Gasteiger partial charge in [-0.05, 0) is 42.7 Å². The molecular formula is C21H26ClFN2O2. The highest BCUT2D eigenvalue weighted by atomic mass is 35.5. The Balaban J connectivity index is 0.00000261. The number of amides is 1. The number of rotatable bonds is 6. The van der Waals surface area contributed by atoms with Gasteiger partial charge < -0.3 is 15.0 Å². The molecule has 3 rings (SSSR count). The van der Waals surface area contributed by atoms with E-state index in [1.54, 1.807) is 6.07 Å². The van der Waals surface area contributed by atoms with Crippen molar-refractivity contribution in [1.82, 2.24) is 10.2 Å². The maximum absolute atomic E-state index is 13.6. The molecule has 0 spiro atoms. The topological polar surface area (TPSA) is 41.6 Å². The van der Waals surface area contributed by atoms with Crippen molar-refractivity contribution >= 4 is 18.3 Å². The number of carbonyl (C=O) groups excluding carboxylic acids is 1. The van der Waals surface area contributed by atoms with Crippen molar-refractivity contribution in [1.29, 1.82) is 0 Å². The molecule has 27 heavy (non-hydrogen) atoms. The van der Waals surface area contributed by atoms with Crippen LogP contribution >= 0.6 is 12.4 Å². The zero-order valence-corrected chi connectivity index (χ0v) is 16.3. The van der Waals surface area contributed by atoms with Gasteiger partial charge in [-0.15, -0.1) is 12.4 Å². The first-order valence-corrected chi connectivity index (χ1v) is 9.15. The van der Waals surface area contributed by atoms with Gasteiger partial charge in [-0.2, -0.15) is 0 Å². The Labute approximate surface area is 166 Å². The van der Waals surface area contributed by atoms with E-state index in [1.165, 1.54) is 12.1 Å². The van der Waals surface area contributed by atoms with Crippen molar-refractivity contribution < 1.29 is 13.9 Å². The summed E-state index contributed by atoms with van der Waals surface area (Å²) in [6.07, 6.45) is 1.05. The smallest absolute Gasteiger partial charge is 0.223 e. The molecule has 1 aliphatic heterocycles. The van der Waals surface area contributed by atoms with E-state index in [-0.39, 0.29) is 30.2 Å². The average molecular weight is 393 g/mol. The van der Waals surface area contributed by atoms with Crippen LogP contribution in [0.4, 0.5) is 4.39 Å². The molecule has 1 heterocycles. The largest absolute Gasteiger partial charge is 0.494 e. The number of hydrogen-bond donors (Lipinski definition) is 1. The predicted octanol–water partition coefficient (Wildman–Crippen LogP) is 3.75. The van der Waals surface area contributed by atoms with Gasteiger partial charge in [0, 0.05) is 26.1 Å². The molecule has 2 aromatic carbocycles. The fraction of sp³-hybridized carbons (Fsp3) is 0.381. The van der Waals surface area contributed by atoms with Crippen LogP contribution in [0.25, 0.3) is 0 Å². The minimum Gasteiger partial charge on any atom is -0.494 e. The number of nitrogens with zero attached hydrogens (tertiary/aromatic N) is 1. The van der Waals surface area contributed by atoms with Crippen molar-refractivity contribution in [3.8, 4) is 5.75 Å². The van der Waals surface area contributed by atoms with Crippen LogP contribution in [0.15, 0.2) is 48.5 Å². The van der Waals surface area contributed by atoms with Gasteiger partial charge in [0.15, 0.2) is 0 Å². The van der Waals surface area contributed by atoms with E-state index in [9.17, 15) is 9.18 Å². The molecule has 0 radical (unpaired) electrons. The second kappa shape index (κ2) is 10.3. The quantitative estimate of drug-likeness (QED) is 0.814. The molecule has 4 nitrogen and oxygen atoms in total. The van der Waals surface area contributed by atoms with Crippen LogP contribution in [-0.2, 0) is 11.2 Å². The molecule has 1 fully saturated rings. The SMILES string of the molecule is CCOc1ccccc1CCC(=O)N1CCNCC1c1cccc(F)c1.Cl. The van der Waals surface area contributed by atoms with Gasteiger partial charge in [0.2, 0.25) is 5.91 Å². The monoisotopic (exact) mass is 392 g/mol. The highest BCUT2D eigenvalue weighted by Gasteiger charge is 2.27. The first-order chi connectivity index (χ1) is 12.7. The normalized spacial score (nSPS) is 16.5. The molecule has 0 saturated carbocycles. The number of halogens is 2. The lowest BCUT2D eigenvalue weighted by Crippen LogP contribution is -2.48. The van der Waals surface area contributed by atoms with Gasteiger partial charge in [-0.25, -0.2) is 4.39 Å². The van der Waals surface area contributed by atoms with E-state index in [0.717, 1.165) is 23.4 Å². The molecule has 146 valence electrons. The lowest BCUT2D eigenvalue weighted by atomic mass is 10.0. The second-order valence-corrected chi connectivity index (χ2v) is 6.40. The lowest BCUT2D eigenvalue weighted by Gasteiger charge is -2.36. The van der Waals surface area contributed by atoms with Crippen LogP contribution < -0.4 is 10.1 Å². The number of hydrogen-bond acceptors (Lipinski definition) is 3. The van der Waals surface area contributed by atoms with Gasteiger partial charge in [0.25, 0.3) is 0 Å². The summed E-state index contributed by atoms with van der Waals surface area (Å²) in [7, 11) is 0. The third kappa shape index (κ3) is 5.44. The molecule has 1 unspecified atom stereocenters. The van der Waals surface area contributed by atoms with Crippen LogP contribution in [0.1, 0.15) is 30.5 Å². The van der Waals surface area contributed by atoms with Crippen LogP contribution in [0.3, 0.4) is 0 Å². The summed E-state index contributed by atoms with van der Waals surface area (Å²) >= 11 is 0. The van der Waals surface area contributed by atoms with Gasteiger partial charge in [0.05, 0.1) is 12.6 Å². The molecule has 2 aromatic rings. The molecule has 1 saturated heterocycles. The summed E-state index contributed by atoms with van der Waals surface area (Å²) in [6.45, 7) is 4.58. The Morgan fingerprint density at radius 1 is 1.26 bits per heavy atom. The second-order valence-electron chi connectivity index (χ2n) is 6.40. The third-order valence-electron chi connectivity index (χ3n) is 4.68. The zero-order chi connectivity index (χ0) is 18.4. The minimum absolute atomic E-state index is 0. The van der Waals surface area contributed by atoms with Gasteiger partial charge in [-0.1, -0.05) is 30.3 Å². The Hall–Kier alpha value is -2.11. The lowest BCUT2D eigenvalue weighted by molar-refractivity contribution is -0.134. The Bertz CT molecular complexity index is 756. The number of ether oxygens (including phenoxy) is 1. The van der Waals surface area contributed by atoms with Crippen molar-refractivity contribution in [2.45, 2.75) is 25.8 Å². The molecule has 6 heteroatoms. The first-order valence-electron chi connectivity index (χ1n) is 9.15. The Morgan fingerprint density at radius 2 is 2.07 bits per heavy atom. The van der Waals surface area contributed by atoms with E-state index in [2.05, 4.69) is 5.32 Å². The van der Waals surface area contributed by atoms with Gasteiger partial charge >= 0.3 is 0 Å². The van der Waals surface area contributed by atoms with Crippen LogP contribution in [0.2, 0.25) is 0 Å². The predicted molar refractivity (Wildman–Crippen MR) is 107 cm³/mol. The van der Waals surface area contributed by atoms with E-state index in [0.29, 0.717) is 32.5 Å². The summed E-state index contributed by atoms with van der Waals surface area (Å²) in [5.74, 6) is 0.656. The molecule has 1 atom stereocenters. The fourth-order valence-electron chi connectivity index (χ4n) is 3.41. The number of aryl methyl sites for hydroxylation is 1. The standard InChI is InChI=1S/C21H25FN2O2.ClH/c1-2-26-20-9-4-3-6-16(20)10-11-21(25)24-13-12-23-15-19(24)17-7-5-8-18(22)14-17;/h3-9,14,19,23H,2,10-13,15H2,1H3;1H. The van der Waals surface area contributed by atoms with E-state index in [4.69, 9.17) is 4.74 Å². The summed E-state index contributed by atoms with van der Waals surface area (Å²) in [6, 6.07) is 14.2. The first kappa shape index (κ1) is 21.2. The van der Waals surface area contributed by atoms with Crippen molar-refractivity contribution in [2.75, 3.05) is 26.2 Å². The highest BCUT2D eigenvalue weighted by Crippen LogP contribution is 2.25. The molecule has 0 aliphatic carbocycles. The average Bonchev–Trinajstić information content (AvgIpc) is 2.67. The van der Waals surface area contributed by atoms with Crippen molar-refractivity contribution in [2.24, 2.45) is 0 Å². The van der Waals surface area contributed by atoms with Crippen molar-refractivity contribution in [3.63, 3.8) is 0 Å². The van der Waals surface area contributed by atoms with Crippen LogP contribution in [-0.4, -0.2) is 37.0 Å². The number of benzene rings is 2. The minimum atomic E-state index is -0.272. The fourth-order valence-corrected chi connectivity index (χ4v) is 3.41. The molecule has 1 N–H and O–H groups in total. The Morgan fingerprint density at radius 3 is 2.85 bits per heavy atom. The van der Waals surface area contributed by atoms with E-state index < -0.39 is 0 Å². The highest BCUT2D eigenvalue weighted by molar-refractivity contribution is 5.85. The molecule has 0 aromatic heterocycles. The van der Waals surface area contributed by atoms with Gasteiger partial charge in [0.1, 0.15) is 11.6 Å². The third-order valence-corrected chi connectivity index (χ3v) is 4.68. The number of carbonyl (C=O) groups is 1. The van der Waals surface area contributed by atoms with E-state index >= 15 is 0 Å². The van der Waals surface area contributed by atoms with Crippen molar-refractivity contribution in [3.05, 3.63) is 65.5 Å². The molecular weight excluding hydrogens is 367 g/mol. The van der Waals surface area contributed by atoms with E-state index in [1.807, 2.05) is 42.2 Å². The van der Waals surface area contributed by atoms with Crippen LogP contribution in [0, 0.1) is 5.82 Å². The number of nitrogens with one attached hydrogen (secondary N) is 1. The molecule has 1 aliphatic rings. The molecule has 1 amide bonds. The number of piperazine rings is 1. The zero-order valence-electron chi connectivity index (χ0n) is 15.5. The summed E-state index contributed by atoms with van der Waals surface area (Å²) in [5, 5.41) is 3.30. The van der Waals surface area contributed by atoms with Gasteiger partial charge in [-0.3, -0.25) is 4.79 Å². The summed E-state index contributed by atoms with van der Waals surface area (Å²) in [4.78, 5) is 14.7. The summed E-state index contributed by atoms with van der Waals surface area (Å²) in [5.41, 5.74) is 1.88. The number of para-hydroxylation sites is 1. The summed E-state index contributed by atoms with van der Waals surface area (Å²) < 4.78 is 19.2. The maximum Gasteiger partial charge on any atom is 0.223 e. The van der Waals surface area contributed by atoms with Crippen LogP contribution in [0.5, 0.6) is 5.75 Å².